The minimum absolute atomic E-state index is 0.210. The third kappa shape index (κ3) is 3.66. The molecule has 2 rings (SSSR count). The fraction of sp³-hybridized carbons (Fsp3) is 0.133. The van der Waals surface area contributed by atoms with Crippen LogP contribution in [0.4, 0.5) is 0 Å². The van der Waals surface area contributed by atoms with Gasteiger partial charge in [0, 0.05) is 10.7 Å². The third-order valence-electron chi connectivity index (χ3n) is 2.82. The molecule has 0 bridgehead atoms. The van der Waals surface area contributed by atoms with Crippen molar-refractivity contribution in [2.45, 2.75) is 6.04 Å². The van der Waals surface area contributed by atoms with Gasteiger partial charge in [0.1, 0.15) is 5.69 Å². The van der Waals surface area contributed by atoms with Crippen LogP contribution in [0.3, 0.4) is 0 Å². The molecule has 0 saturated carbocycles. The van der Waals surface area contributed by atoms with E-state index in [0.717, 1.165) is 0 Å². The average molecular weight is 349 g/mol. The van der Waals surface area contributed by atoms with Crippen LogP contribution in [0.1, 0.15) is 22.1 Å². The number of halogens is 1. The number of nitrogens with one attached hydrogen (secondary N) is 1. The molecule has 1 heterocycles. The molecule has 5 nitrogen and oxygen atoms in total. The molecule has 0 aliphatic carbocycles. The number of benzene rings is 1. The Balaban J connectivity index is 2.26. The van der Waals surface area contributed by atoms with Crippen molar-refractivity contribution in [3.8, 4) is 0 Å². The van der Waals surface area contributed by atoms with Crippen molar-refractivity contribution in [1.29, 1.82) is 0 Å². The van der Waals surface area contributed by atoms with E-state index < -0.39 is 17.9 Å². The van der Waals surface area contributed by atoms with E-state index in [9.17, 15) is 9.59 Å². The second kappa shape index (κ2) is 6.99. The lowest BCUT2D eigenvalue weighted by atomic mass is 10.1. The van der Waals surface area contributed by atoms with E-state index in [1.54, 1.807) is 36.4 Å². The molecule has 108 valence electrons. The lowest BCUT2D eigenvalue weighted by Gasteiger charge is -2.16. The summed E-state index contributed by atoms with van der Waals surface area (Å²) in [5, 5.41) is 2.64. The van der Waals surface area contributed by atoms with Crippen LogP contribution in [0.15, 0.2) is 53.1 Å². The lowest BCUT2D eigenvalue weighted by Crippen LogP contribution is -2.35. The van der Waals surface area contributed by atoms with Crippen LogP contribution in [-0.4, -0.2) is 24.0 Å². The Hall–Kier alpha value is -2.21. The van der Waals surface area contributed by atoms with Crippen LogP contribution < -0.4 is 5.32 Å². The Morgan fingerprint density at radius 1 is 1.19 bits per heavy atom. The number of ether oxygens (including phenoxy) is 1. The van der Waals surface area contributed by atoms with Gasteiger partial charge in [0.15, 0.2) is 6.04 Å². The first-order valence-corrected chi connectivity index (χ1v) is 6.97. The van der Waals surface area contributed by atoms with Crippen molar-refractivity contribution < 1.29 is 14.3 Å². The summed E-state index contributed by atoms with van der Waals surface area (Å²) in [5.41, 5.74) is 0.854. The molecule has 1 aromatic heterocycles. The summed E-state index contributed by atoms with van der Waals surface area (Å²) in [6, 6.07) is 11.4. The van der Waals surface area contributed by atoms with E-state index in [1.807, 2.05) is 6.07 Å². The zero-order valence-corrected chi connectivity index (χ0v) is 12.8. The molecular formula is C15H13BrN2O3. The summed E-state index contributed by atoms with van der Waals surface area (Å²) in [6.45, 7) is 0. The van der Waals surface area contributed by atoms with E-state index in [-0.39, 0.29) is 5.69 Å². The molecule has 2 aromatic rings. The number of amides is 1. The number of esters is 1. The number of pyridine rings is 1. The molecule has 0 aliphatic heterocycles. The van der Waals surface area contributed by atoms with Gasteiger partial charge in [-0.15, -0.1) is 0 Å². The number of rotatable bonds is 4. The normalized spacial score (nSPS) is 11.5. The van der Waals surface area contributed by atoms with Crippen molar-refractivity contribution in [2.24, 2.45) is 0 Å². The van der Waals surface area contributed by atoms with Crippen molar-refractivity contribution in [2.75, 3.05) is 7.11 Å². The van der Waals surface area contributed by atoms with Crippen LogP contribution in [-0.2, 0) is 9.53 Å². The molecule has 0 radical (unpaired) electrons. The maximum absolute atomic E-state index is 12.3. The highest BCUT2D eigenvalue weighted by Gasteiger charge is 2.25. The van der Waals surface area contributed by atoms with E-state index in [4.69, 9.17) is 4.74 Å². The first kappa shape index (κ1) is 15.2. The second-order valence-corrected chi connectivity index (χ2v) is 5.03. The van der Waals surface area contributed by atoms with Crippen molar-refractivity contribution in [3.63, 3.8) is 0 Å². The van der Waals surface area contributed by atoms with Crippen molar-refractivity contribution >= 4 is 27.8 Å². The molecule has 6 heteroatoms. The lowest BCUT2D eigenvalue weighted by molar-refractivity contribution is -0.143. The maximum Gasteiger partial charge on any atom is 0.333 e. The van der Waals surface area contributed by atoms with E-state index in [0.29, 0.717) is 10.0 Å². The van der Waals surface area contributed by atoms with E-state index in [1.165, 1.54) is 13.3 Å². The Bertz CT molecular complexity index is 646. The summed E-state index contributed by atoms with van der Waals surface area (Å²) in [4.78, 5) is 28.2. The fourth-order valence-corrected chi connectivity index (χ4v) is 2.23. The molecule has 0 spiro atoms. The van der Waals surface area contributed by atoms with Gasteiger partial charge in [-0.2, -0.15) is 0 Å². The van der Waals surface area contributed by atoms with Crippen LogP contribution in [0, 0.1) is 0 Å². The van der Waals surface area contributed by atoms with E-state index >= 15 is 0 Å². The number of aromatic nitrogens is 1. The minimum atomic E-state index is -0.877. The van der Waals surface area contributed by atoms with E-state index in [2.05, 4.69) is 26.2 Å². The summed E-state index contributed by atoms with van der Waals surface area (Å²) >= 11 is 3.26. The largest absolute Gasteiger partial charge is 0.467 e. The SMILES string of the molecule is COC(=O)C(NC(=O)c1ncccc1Br)c1ccccc1. The third-order valence-corrected chi connectivity index (χ3v) is 3.46. The minimum Gasteiger partial charge on any atom is -0.467 e. The van der Waals surface area contributed by atoms with Crippen LogP contribution in [0.2, 0.25) is 0 Å². The topological polar surface area (TPSA) is 68.3 Å². The molecule has 1 amide bonds. The van der Waals surface area contributed by atoms with Crippen LogP contribution in [0.5, 0.6) is 0 Å². The van der Waals surface area contributed by atoms with Crippen LogP contribution >= 0.6 is 15.9 Å². The standard InChI is InChI=1S/C15H13BrN2O3/c1-21-15(20)12(10-6-3-2-4-7-10)18-14(19)13-11(16)8-5-9-17-13/h2-9,12H,1H3,(H,18,19). The first-order valence-electron chi connectivity index (χ1n) is 6.17. The molecule has 1 unspecified atom stereocenters. The van der Waals surface area contributed by atoms with Gasteiger partial charge in [-0.1, -0.05) is 30.3 Å². The van der Waals surface area contributed by atoms with Gasteiger partial charge in [-0.25, -0.2) is 9.78 Å². The number of carbonyl (C=O) groups is 2. The van der Waals surface area contributed by atoms with Gasteiger partial charge < -0.3 is 10.1 Å². The molecule has 1 atom stereocenters. The quantitative estimate of drug-likeness (QED) is 0.862. The number of nitrogens with zero attached hydrogens (tertiary/aromatic N) is 1. The van der Waals surface area contributed by atoms with Gasteiger partial charge in [0.2, 0.25) is 0 Å². The second-order valence-electron chi connectivity index (χ2n) is 4.17. The maximum atomic E-state index is 12.3. The Kier molecular flexibility index (Phi) is 5.05. The molecule has 0 aliphatic rings. The zero-order chi connectivity index (χ0) is 15.2. The van der Waals surface area contributed by atoms with Gasteiger partial charge in [-0.3, -0.25) is 4.79 Å². The van der Waals surface area contributed by atoms with Gasteiger partial charge in [-0.05, 0) is 33.6 Å². The fourth-order valence-electron chi connectivity index (χ4n) is 1.79. The molecular weight excluding hydrogens is 336 g/mol. The highest BCUT2D eigenvalue weighted by Crippen LogP contribution is 2.17. The average Bonchev–Trinajstić information content (AvgIpc) is 2.53. The Morgan fingerprint density at radius 3 is 2.52 bits per heavy atom. The smallest absolute Gasteiger partial charge is 0.333 e. The highest BCUT2D eigenvalue weighted by molar-refractivity contribution is 9.10. The monoisotopic (exact) mass is 348 g/mol. The number of carbonyl (C=O) groups excluding carboxylic acids is 2. The number of hydrogen-bond acceptors (Lipinski definition) is 4. The molecule has 0 fully saturated rings. The summed E-state index contributed by atoms with van der Waals surface area (Å²) < 4.78 is 5.30. The summed E-state index contributed by atoms with van der Waals surface area (Å²) in [7, 11) is 1.28. The Labute approximate surface area is 130 Å². The van der Waals surface area contributed by atoms with Gasteiger partial charge in [0.05, 0.1) is 7.11 Å². The summed E-state index contributed by atoms with van der Waals surface area (Å²) in [5.74, 6) is -0.997. The van der Waals surface area contributed by atoms with Crippen molar-refractivity contribution in [3.05, 3.63) is 64.4 Å². The molecule has 1 aromatic carbocycles. The van der Waals surface area contributed by atoms with Gasteiger partial charge >= 0.3 is 5.97 Å². The molecule has 0 saturated heterocycles. The predicted molar refractivity (Wildman–Crippen MR) is 80.6 cm³/mol. The molecule has 21 heavy (non-hydrogen) atoms. The number of methoxy groups -OCH3 is 1. The first-order chi connectivity index (χ1) is 10.1. The summed E-state index contributed by atoms with van der Waals surface area (Å²) in [6.07, 6.45) is 1.51. The van der Waals surface area contributed by atoms with Crippen LogP contribution in [0.25, 0.3) is 0 Å². The molecule has 1 N–H and O–H groups in total. The Morgan fingerprint density at radius 2 is 1.90 bits per heavy atom. The number of hydrogen-bond donors (Lipinski definition) is 1. The highest BCUT2D eigenvalue weighted by atomic mass is 79.9. The predicted octanol–water partition coefficient (Wildman–Crippen LogP) is 2.49. The van der Waals surface area contributed by atoms with Crippen molar-refractivity contribution in [1.82, 2.24) is 10.3 Å². The zero-order valence-electron chi connectivity index (χ0n) is 11.2. The van der Waals surface area contributed by atoms with Gasteiger partial charge in [0.25, 0.3) is 5.91 Å².